The number of thiazole rings is 1. The Bertz CT molecular complexity index is 1420. The number of hydrogen-bond donors (Lipinski definition) is 0. The van der Waals surface area contributed by atoms with Gasteiger partial charge in [0, 0.05) is 40.9 Å². The largest absolute Gasteiger partial charge is 0.487 e. The molecular weight excluding hydrogens is 458 g/mol. The van der Waals surface area contributed by atoms with Gasteiger partial charge in [0.25, 0.3) is 5.56 Å². The fraction of sp³-hybridized carbons (Fsp3) is 0.280. The number of aryl methyl sites for hydroxylation is 2. The second kappa shape index (κ2) is 9.06. The highest BCUT2D eigenvalue weighted by atomic mass is 32.1. The van der Waals surface area contributed by atoms with Gasteiger partial charge < -0.3 is 4.74 Å². The Labute approximate surface area is 199 Å². The van der Waals surface area contributed by atoms with Crippen LogP contribution < -0.4 is 10.3 Å². The molecule has 0 spiro atoms. The lowest BCUT2D eigenvalue weighted by Crippen LogP contribution is -2.21. The summed E-state index contributed by atoms with van der Waals surface area (Å²) in [5, 5.41) is 2.81. The zero-order chi connectivity index (χ0) is 24.6. The highest BCUT2D eigenvalue weighted by molar-refractivity contribution is 7.13. The molecule has 0 bridgehead atoms. The Morgan fingerprint density at radius 3 is 2.47 bits per heavy atom. The third-order valence-corrected chi connectivity index (χ3v) is 6.12. The van der Waals surface area contributed by atoms with E-state index in [2.05, 4.69) is 30.7 Å². The molecule has 0 N–H and O–H groups in total. The maximum Gasteiger partial charge on any atom is 0.259 e. The lowest BCUT2D eigenvalue weighted by Gasteiger charge is -2.15. The quantitative estimate of drug-likeness (QED) is 0.375. The Morgan fingerprint density at radius 1 is 1.06 bits per heavy atom. The summed E-state index contributed by atoms with van der Waals surface area (Å²) in [6, 6.07) is 5.61. The van der Waals surface area contributed by atoms with Gasteiger partial charge in [-0.15, -0.1) is 11.3 Å². The third kappa shape index (κ3) is 4.89. The molecule has 0 fully saturated rings. The van der Waals surface area contributed by atoms with Crippen LogP contribution in [-0.2, 0) is 12.0 Å². The van der Waals surface area contributed by atoms with Crippen molar-refractivity contribution in [3.63, 3.8) is 0 Å². The zero-order valence-electron chi connectivity index (χ0n) is 19.5. The fourth-order valence-electron chi connectivity index (χ4n) is 3.37. The van der Waals surface area contributed by atoms with Crippen LogP contribution in [0.4, 0.5) is 8.78 Å². The van der Waals surface area contributed by atoms with Crippen LogP contribution in [0.1, 0.15) is 43.4 Å². The lowest BCUT2D eigenvalue weighted by atomic mass is 9.93. The minimum Gasteiger partial charge on any atom is -0.487 e. The number of aromatic nitrogens is 4. The number of hydrogen-bond acceptors (Lipinski definition) is 6. The topological polar surface area (TPSA) is 69.9 Å². The molecule has 0 saturated carbocycles. The molecule has 0 saturated heterocycles. The van der Waals surface area contributed by atoms with E-state index in [1.807, 2.05) is 18.4 Å². The van der Waals surface area contributed by atoms with Crippen LogP contribution in [0.3, 0.4) is 0 Å². The van der Waals surface area contributed by atoms with Crippen LogP contribution in [-0.4, -0.2) is 19.5 Å². The summed E-state index contributed by atoms with van der Waals surface area (Å²) in [5.41, 5.74) is 3.39. The third-order valence-electron chi connectivity index (χ3n) is 5.26. The minimum absolute atomic E-state index is 0.0454. The van der Waals surface area contributed by atoms with Crippen molar-refractivity contribution in [2.75, 3.05) is 0 Å². The number of pyridine rings is 3. The predicted molar refractivity (Wildman–Crippen MR) is 128 cm³/mol. The van der Waals surface area contributed by atoms with Gasteiger partial charge in [-0.05, 0) is 25.5 Å². The standard InChI is InChI=1S/C25H24F2N4O2S/c1-14-10-28-19(24-30-22(13-34-24)25(3,4)5)9-21(14)31-15(2)6-17(8-23(31)32)33-12-20-18(27)7-16(26)11-29-20/h6-11,13H,12H2,1-5H3. The van der Waals surface area contributed by atoms with Gasteiger partial charge in [0.05, 0.1) is 17.6 Å². The Balaban J connectivity index is 1.65. The predicted octanol–water partition coefficient (Wildman–Crippen LogP) is 5.52. The molecule has 0 radical (unpaired) electrons. The molecule has 4 heterocycles. The van der Waals surface area contributed by atoms with E-state index in [1.54, 1.807) is 23.8 Å². The van der Waals surface area contributed by atoms with E-state index >= 15 is 0 Å². The van der Waals surface area contributed by atoms with Crippen LogP contribution in [0, 0.1) is 25.5 Å². The van der Waals surface area contributed by atoms with Crippen molar-refractivity contribution in [2.24, 2.45) is 0 Å². The van der Waals surface area contributed by atoms with Crippen molar-refractivity contribution in [3.05, 3.63) is 86.7 Å². The van der Waals surface area contributed by atoms with Gasteiger partial charge in [-0.3, -0.25) is 19.3 Å². The van der Waals surface area contributed by atoms with Crippen molar-refractivity contribution < 1.29 is 13.5 Å². The van der Waals surface area contributed by atoms with Crippen molar-refractivity contribution in [2.45, 2.75) is 46.6 Å². The number of rotatable bonds is 5. The van der Waals surface area contributed by atoms with E-state index in [0.29, 0.717) is 17.1 Å². The van der Waals surface area contributed by atoms with Crippen LogP contribution >= 0.6 is 11.3 Å². The summed E-state index contributed by atoms with van der Waals surface area (Å²) in [4.78, 5) is 26.0. The van der Waals surface area contributed by atoms with E-state index in [4.69, 9.17) is 9.72 Å². The first kappa shape index (κ1) is 23.7. The van der Waals surface area contributed by atoms with Crippen molar-refractivity contribution in [3.8, 4) is 22.1 Å². The molecule has 34 heavy (non-hydrogen) atoms. The molecule has 176 valence electrons. The first-order chi connectivity index (χ1) is 16.0. The highest BCUT2D eigenvalue weighted by Gasteiger charge is 2.19. The summed E-state index contributed by atoms with van der Waals surface area (Å²) >= 11 is 1.52. The lowest BCUT2D eigenvalue weighted by molar-refractivity contribution is 0.292. The van der Waals surface area contributed by atoms with Gasteiger partial charge in [0.1, 0.15) is 34.6 Å². The van der Waals surface area contributed by atoms with Crippen molar-refractivity contribution >= 4 is 11.3 Å². The van der Waals surface area contributed by atoms with Crippen molar-refractivity contribution in [1.29, 1.82) is 0 Å². The average molecular weight is 483 g/mol. The van der Waals surface area contributed by atoms with Crippen LogP contribution in [0.5, 0.6) is 5.75 Å². The Kier molecular flexibility index (Phi) is 6.31. The van der Waals surface area contributed by atoms with Gasteiger partial charge in [-0.2, -0.15) is 0 Å². The van der Waals surface area contributed by atoms with E-state index in [1.165, 1.54) is 17.4 Å². The molecule has 0 aliphatic carbocycles. The molecule has 6 nitrogen and oxygen atoms in total. The summed E-state index contributed by atoms with van der Waals surface area (Å²) in [6.07, 6.45) is 2.64. The maximum atomic E-state index is 13.8. The van der Waals surface area contributed by atoms with E-state index < -0.39 is 11.6 Å². The molecule has 0 atom stereocenters. The number of halogens is 2. The van der Waals surface area contributed by atoms with Crippen LogP contribution in [0.25, 0.3) is 16.4 Å². The molecule has 4 aromatic rings. The Hall–Kier alpha value is -3.46. The molecule has 9 heteroatoms. The number of nitrogens with zero attached hydrogens (tertiary/aromatic N) is 4. The van der Waals surface area contributed by atoms with Crippen LogP contribution in [0.15, 0.2) is 46.8 Å². The smallest absolute Gasteiger partial charge is 0.259 e. The maximum absolute atomic E-state index is 13.8. The van der Waals surface area contributed by atoms with Gasteiger partial charge in [0.2, 0.25) is 0 Å². The van der Waals surface area contributed by atoms with Crippen molar-refractivity contribution in [1.82, 2.24) is 19.5 Å². The van der Waals surface area contributed by atoms with Gasteiger partial charge >= 0.3 is 0 Å². The molecule has 0 aromatic carbocycles. The van der Waals surface area contributed by atoms with Gasteiger partial charge in [-0.1, -0.05) is 20.8 Å². The molecule has 4 rings (SSSR count). The van der Waals surface area contributed by atoms with Gasteiger partial charge in [0.15, 0.2) is 5.82 Å². The Morgan fingerprint density at radius 2 is 1.82 bits per heavy atom. The second-order valence-electron chi connectivity index (χ2n) is 9.02. The van der Waals surface area contributed by atoms with E-state index in [0.717, 1.165) is 28.5 Å². The normalized spacial score (nSPS) is 11.6. The fourth-order valence-corrected chi connectivity index (χ4v) is 4.38. The van der Waals surface area contributed by atoms with Gasteiger partial charge in [-0.25, -0.2) is 13.8 Å². The molecule has 0 aliphatic rings. The summed E-state index contributed by atoms with van der Waals surface area (Å²) in [7, 11) is 0. The molecule has 0 amide bonds. The summed E-state index contributed by atoms with van der Waals surface area (Å²) < 4.78 is 34.0. The summed E-state index contributed by atoms with van der Waals surface area (Å²) in [5.74, 6) is -1.30. The second-order valence-corrected chi connectivity index (χ2v) is 9.88. The van der Waals surface area contributed by atoms with E-state index in [-0.39, 0.29) is 29.0 Å². The minimum atomic E-state index is -0.804. The van der Waals surface area contributed by atoms with E-state index in [9.17, 15) is 13.6 Å². The molecular formula is C25H24F2N4O2S. The number of ether oxygens (including phenoxy) is 1. The molecule has 0 aliphatic heterocycles. The molecule has 0 unspecified atom stereocenters. The first-order valence-corrected chi connectivity index (χ1v) is 11.5. The highest BCUT2D eigenvalue weighted by Crippen LogP contribution is 2.30. The SMILES string of the molecule is Cc1cnc(-c2nc(C(C)(C)C)cs2)cc1-n1c(C)cc(OCc2ncc(F)cc2F)cc1=O. The van der Waals surface area contributed by atoms with Crippen LogP contribution in [0.2, 0.25) is 0 Å². The first-order valence-electron chi connectivity index (χ1n) is 10.6. The summed E-state index contributed by atoms with van der Waals surface area (Å²) in [6.45, 7) is 9.75. The molecule has 4 aromatic heterocycles. The zero-order valence-corrected chi connectivity index (χ0v) is 20.3. The monoisotopic (exact) mass is 482 g/mol. The average Bonchev–Trinajstić information content (AvgIpc) is 3.25.